The van der Waals surface area contributed by atoms with Gasteiger partial charge in [-0.25, -0.2) is 0 Å². The van der Waals surface area contributed by atoms with Crippen molar-refractivity contribution in [2.24, 2.45) is 10.3 Å². The average Bonchev–Trinajstić information content (AvgIpc) is 3.11. The fraction of sp³-hybridized carbons (Fsp3) is 0.440. The van der Waals surface area contributed by atoms with E-state index in [2.05, 4.69) is 9.71 Å². The number of carbonyl (C=O) groups excluding carboxylic acids is 1. The summed E-state index contributed by atoms with van der Waals surface area (Å²) in [6, 6.07) is 12.3. The number of piperidine rings is 1. The van der Waals surface area contributed by atoms with Crippen molar-refractivity contribution in [2.75, 3.05) is 26.3 Å². The monoisotopic (exact) mass is 485 g/mol. The van der Waals surface area contributed by atoms with E-state index >= 15 is 0 Å². The first-order valence-electron chi connectivity index (χ1n) is 11.7. The molecule has 34 heavy (non-hydrogen) atoms. The molecule has 2 aromatic rings. The molecule has 0 spiro atoms. The molecule has 4 rings (SSSR count). The van der Waals surface area contributed by atoms with E-state index < -0.39 is 10.0 Å². The van der Waals surface area contributed by atoms with Gasteiger partial charge in [-0.1, -0.05) is 18.2 Å². The van der Waals surface area contributed by atoms with Gasteiger partial charge in [0.05, 0.1) is 25.2 Å². The molecule has 2 aliphatic rings. The number of nitrogens with one attached hydrogen (secondary N) is 1. The molecule has 8 nitrogen and oxygen atoms in total. The van der Waals surface area contributed by atoms with Crippen LogP contribution in [0.4, 0.5) is 0 Å². The molecule has 2 aromatic carbocycles. The molecule has 0 unspecified atom stereocenters. The van der Waals surface area contributed by atoms with Crippen molar-refractivity contribution in [3.63, 3.8) is 0 Å². The normalized spacial score (nSPS) is 19.7. The Morgan fingerprint density at radius 1 is 1.15 bits per heavy atom. The lowest BCUT2D eigenvalue weighted by molar-refractivity contribution is -0.126. The summed E-state index contributed by atoms with van der Waals surface area (Å²) >= 11 is 0. The van der Waals surface area contributed by atoms with Crippen LogP contribution in [0.2, 0.25) is 0 Å². The van der Waals surface area contributed by atoms with Gasteiger partial charge in [0.25, 0.3) is 10.0 Å². The summed E-state index contributed by atoms with van der Waals surface area (Å²) in [4.78, 5) is 15.3. The lowest BCUT2D eigenvalue weighted by atomic mass is 9.95. The topological polar surface area (TPSA) is 97.3 Å². The maximum Gasteiger partial charge on any atom is 0.285 e. The lowest BCUT2D eigenvalue weighted by Gasteiger charge is -2.34. The molecule has 0 aromatic heterocycles. The fourth-order valence-electron chi connectivity index (χ4n) is 4.45. The van der Waals surface area contributed by atoms with Gasteiger partial charge in [0, 0.05) is 18.7 Å². The Kier molecular flexibility index (Phi) is 7.11. The molecular formula is C25H31N3O5S. The molecule has 0 bridgehead atoms. The number of ether oxygens (including phenoxy) is 2. The zero-order valence-electron chi connectivity index (χ0n) is 19.8. The van der Waals surface area contributed by atoms with E-state index in [0.29, 0.717) is 49.2 Å². The third-order valence-electron chi connectivity index (χ3n) is 6.13. The number of fused-ring (bicyclic) bond motifs is 1. The quantitative estimate of drug-likeness (QED) is 0.645. The molecule has 1 fully saturated rings. The summed E-state index contributed by atoms with van der Waals surface area (Å²) in [7, 11) is -3.69. The Morgan fingerprint density at radius 2 is 1.88 bits per heavy atom. The molecule has 0 aliphatic carbocycles. The molecule has 2 aliphatic heterocycles. The van der Waals surface area contributed by atoms with E-state index in [1.807, 2.05) is 43.9 Å². The van der Waals surface area contributed by atoms with Gasteiger partial charge < -0.3 is 19.7 Å². The van der Waals surface area contributed by atoms with Crippen molar-refractivity contribution < 1.29 is 22.7 Å². The molecule has 2 heterocycles. The minimum absolute atomic E-state index is 0.0567. The highest BCUT2D eigenvalue weighted by Crippen LogP contribution is 2.32. The first kappa shape index (κ1) is 24.1. The van der Waals surface area contributed by atoms with Crippen molar-refractivity contribution in [3.8, 4) is 11.5 Å². The summed E-state index contributed by atoms with van der Waals surface area (Å²) < 4.78 is 40.3. The minimum Gasteiger partial charge on any atom is -0.490 e. The SMILES string of the molecule is CCOc1ccc([C@H](C)NC(=O)[C@@H]2CCCN(C3=NS(=O)(=O)c4ccccc43)C2)cc1OCC. The number of amides is 1. The second-order valence-electron chi connectivity index (χ2n) is 8.47. The van der Waals surface area contributed by atoms with Crippen LogP contribution in [0.3, 0.4) is 0 Å². The van der Waals surface area contributed by atoms with Crippen LogP contribution in [-0.4, -0.2) is 51.4 Å². The predicted molar refractivity (Wildman–Crippen MR) is 130 cm³/mol. The molecule has 9 heteroatoms. The molecule has 1 amide bonds. The van der Waals surface area contributed by atoms with Crippen LogP contribution in [0.15, 0.2) is 51.8 Å². The standard InChI is InChI=1S/C25H31N3O5S/c1-4-32-21-13-12-18(15-22(21)33-5-2)17(3)26-25(29)19-9-8-14-28(16-19)24-20-10-6-7-11-23(20)34(30,31)27-24/h6-7,10-13,15,17,19H,4-5,8-9,14,16H2,1-3H3,(H,26,29)/t17-,19+/m0/s1. The average molecular weight is 486 g/mol. The Bertz CT molecular complexity index is 1190. The van der Waals surface area contributed by atoms with Gasteiger partial charge >= 0.3 is 0 Å². The number of nitrogens with zero attached hydrogens (tertiary/aromatic N) is 2. The minimum atomic E-state index is -3.69. The summed E-state index contributed by atoms with van der Waals surface area (Å²) in [6.07, 6.45) is 1.52. The number of amidine groups is 1. The van der Waals surface area contributed by atoms with Crippen LogP contribution in [0.25, 0.3) is 0 Å². The van der Waals surface area contributed by atoms with E-state index in [-0.39, 0.29) is 22.8 Å². The van der Waals surface area contributed by atoms with Gasteiger partial charge in [-0.05, 0) is 63.4 Å². The van der Waals surface area contributed by atoms with Gasteiger partial charge in [0.2, 0.25) is 5.91 Å². The van der Waals surface area contributed by atoms with Crippen LogP contribution in [-0.2, 0) is 14.8 Å². The number of rotatable bonds is 7. The smallest absolute Gasteiger partial charge is 0.285 e. The Labute approximate surface area is 201 Å². The number of benzene rings is 2. The van der Waals surface area contributed by atoms with Gasteiger partial charge in [-0.2, -0.15) is 8.42 Å². The highest BCUT2D eigenvalue weighted by molar-refractivity contribution is 7.90. The second kappa shape index (κ2) is 10.0. The first-order chi connectivity index (χ1) is 16.3. The molecular weight excluding hydrogens is 454 g/mol. The third-order valence-corrected chi connectivity index (χ3v) is 7.46. The summed E-state index contributed by atoms with van der Waals surface area (Å²) in [5.41, 5.74) is 1.53. The van der Waals surface area contributed by atoms with Crippen molar-refractivity contribution in [1.29, 1.82) is 0 Å². The van der Waals surface area contributed by atoms with Gasteiger partial charge in [0.1, 0.15) is 4.90 Å². The molecule has 2 atom stereocenters. The van der Waals surface area contributed by atoms with E-state index in [1.165, 1.54) is 0 Å². The molecule has 1 N–H and O–H groups in total. The Balaban J connectivity index is 1.46. The molecule has 0 saturated carbocycles. The second-order valence-corrected chi connectivity index (χ2v) is 10.0. The van der Waals surface area contributed by atoms with Crippen molar-refractivity contribution in [3.05, 3.63) is 53.6 Å². The number of hydrogen-bond acceptors (Lipinski definition) is 6. The van der Waals surface area contributed by atoms with Gasteiger partial charge in [-0.3, -0.25) is 4.79 Å². The first-order valence-corrected chi connectivity index (χ1v) is 13.2. The highest BCUT2D eigenvalue weighted by atomic mass is 32.2. The maximum atomic E-state index is 13.1. The number of carbonyl (C=O) groups is 1. The maximum absolute atomic E-state index is 13.1. The van der Waals surface area contributed by atoms with E-state index in [1.54, 1.807) is 24.3 Å². The summed E-state index contributed by atoms with van der Waals surface area (Å²) in [5.74, 6) is 1.46. The number of likely N-dealkylation sites (tertiary alicyclic amines) is 1. The van der Waals surface area contributed by atoms with Crippen molar-refractivity contribution in [2.45, 2.75) is 44.6 Å². The van der Waals surface area contributed by atoms with Crippen molar-refractivity contribution in [1.82, 2.24) is 10.2 Å². The summed E-state index contributed by atoms with van der Waals surface area (Å²) in [6.45, 7) is 7.93. The van der Waals surface area contributed by atoms with E-state index in [9.17, 15) is 13.2 Å². The summed E-state index contributed by atoms with van der Waals surface area (Å²) in [5, 5.41) is 3.11. The number of hydrogen-bond donors (Lipinski definition) is 1. The lowest BCUT2D eigenvalue weighted by Crippen LogP contribution is -2.45. The highest BCUT2D eigenvalue weighted by Gasteiger charge is 2.35. The van der Waals surface area contributed by atoms with E-state index in [4.69, 9.17) is 9.47 Å². The molecule has 0 radical (unpaired) electrons. The van der Waals surface area contributed by atoms with Crippen LogP contribution < -0.4 is 14.8 Å². The molecule has 182 valence electrons. The Hall–Kier alpha value is -3.07. The number of sulfonamides is 1. The largest absolute Gasteiger partial charge is 0.490 e. The zero-order chi connectivity index (χ0) is 24.3. The fourth-order valence-corrected chi connectivity index (χ4v) is 5.68. The van der Waals surface area contributed by atoms with Crippen LogP contribution >= 0.6 is 0 Å². The Morgan fingerprint density at radius 3 is 2.65 bits per heavy atom. The zero-order valence-corrected chi connectivity index (χ0v) is 20.6. The van der Waals surface area contributed by atoms with E-state index in [0.717, 1.165) is 18.4 Å². The predicted octanol–water partition coefficient (Wildman–Crippen LogP) is 3.52. The van der Waals surface area contributed by atoms with Crippen LogP contribution in [0.5, 0.6) is 11.5 Å². The van der Waals surface area contributed by atoms with Crippen LogP contribution in [0, 0.1) is 5.92 Å². The molecule has 1 saturated heterocycles. The van der Waals surface area contributed by atoms with Crippen LogP contribution in [0.1, 0.15) is 50.8 Å². The van der Waals surface area contributed by atoms with Gasteiger partial charge in [-0.15, -0.1) is 4.40 Å². The third kappa shape index (κ3) is 4.89. The van der Waals surface area contributed by atoms with Crippen molar-refractivity contribution >= 4 is 21.8 Å². The van der Waals surface area contributed by atoms with Gasteiger partial charge in [0.15, 0.2) is 17.3 Å².